The van der Waals surface area contributed by atoms with Gasteiger partial charge in [-0.1, -0.05) is 64.3 Å². The summed E-state index contributed by atoms with van der Waals surface area (Å²) >= 11 is 12.2. The van der Waals surface area contributed by atoms with Crippen LogP contribution in [0.4, 0.5) is 5.82 Å². The third kappa shape index (κ3) is 5.03. The molecule has 0 aliphatic carbocycles. The van der Waals surface area contributed by atoms with Crippen molar-refractivity contribution in [1.29, 1.82) is 0 Å². The molecule has 2 heterocycles. The normalized spacial score (nSPS) is 13.9. The molecule has 1 saturated heterocycles. The number of halogens is 3. The second-order valence-electron chi connectivity index (χ2n) is 6.50. The Morgan fingerprint density at radius 3 is 2.39 bits per heavy atom. The predicted molar refractivity (Wildman–Crippen MR) is 108 cm³/mol. The molecule has 0 bridgehead atoms. The summed E-state index contributed by atoms with van der Waals surface area (Å²) in [7, 11) is 0. The minimum Gasteiger partial charge on any atom is -1.00 e. The molecule has 0 saturated carbocycles. The molecule has 0 amide bonds. The molecule has 0 atom stereocenters. The molecule has 4 rings (SSSR count). The lowest BCUT2D eigenvalue weighted by Crippen LogP contribution is -3.00. The van der Waals surface area contributed by atoms with Crippen molar-refractivity contribution in [2.45, 2.75) is 6.54 Å². The molecule has 28 heavy (non-hydrogen) atoms. The van der Waals surface area contributed by atoms with Crippen LogP contribution in [0.25, 0.3) is 11.1 Å². The van der Waals surface area contributed by atoms with Crippen LogP contribution >= 0.6 is 23.2 Å². The van der Waals surface area contributed by atoms with E-state index in [1.807, 2.05) is 41.1 Å². The molecule has 4 nitrogen and oxygen atoms in total. The Morgan fingerprint density at radius 1 is 0.929 bits per heavy atom. The van der Waals surface area contributed by atoms with E-state index in [0.717, 1.165) is 48.8 Å². The van der Waals surface area contributed by atoms with Gasteiger partial charge in [-0.05, 0) is 17.7 Å². The van der Waals surface area contributed by atoms with E-state index in [-0.39, 0.29) is 17.0 Å². The molecule has 0 radical (unpaired) electrons. The predicted octanol–water partition coefficient (Wildman–Crippen LogP) is 1.23. The van der Waals surface area contributed by atoms with Crippen LogP contribution in [0, 0.1) is 0 Å². The molecule has 0 spiro atoms. The maximum absolute atomic E-state index is 6.18. The summed E-state index contributed by atoms with van der Waals surface area (Å²) in [6, 6.07) is 18.2. The highest BCUT2D eigenvalue weighted by Gasteiger charge is 2.19. The van der Waals surface area contributed by atoms with Crippen LogP contribution in [0.3, 0.4) is 0 Å². The van der Waals surface area contributed by atoms with Gasteiger partial charge in [0, 0.05) is 29.8 Å². The summed E-state index contributed by atoms with van der Waals surface area (Å²) in [5.74, 6) is 0.958. The summed E-state index contributed by atoms with van der Waals surface area (Å²) in [5, 5.41) is 5.96. The molecule has 0 unspecified atom stereocenters. The summed E-state index contributed by atoms with van der Waals surface area (Å²) in [4.78, 5) is 2.27. The Balaban J connectivity index is 0.00000225. The quantitative estimate of drug-likeness (QED) is 0.526. The maximum Gasteiger partial charge on any atom is 0.204 e. The van der Waals surface area contributed by atoms with Gasteiger partial charge < -0.3 is 26.6 Å². The number of benzene rings is 2. The fourth-order valence-corrected chi connectivity index (χ4v) is 3.49. The Hall–Kier alpha value is -1.66. The summed E-state index contributed by atoms with van der Waals surface area (Å²) in [6.45, 7) is 3.76. The van der Waals surface area contributed by atoms with E-state index in [1.165, 1.54) is 0 Å². The minimum atomic E-state index is 0. The average Bonchev–Trinajstić information content (AvgIpc) is 2.72. The zero-order chi connectivity index (χ0) is 18.6. The topological polar surface area (TPSA) is 29.2 Å². The van der Waals surface area contributed by atoms with E-state index in [4.69, 9.17) is 33.0 Å². The molecule has 1 fully saturated rings. The molecule has 1 aromatic heterocycles. The summed E-state index contributed by atoms with van der Waals surface area (Å²) < 4.78 is 7.45. The number of rotatable bonds is 4. The van der Waals surface area contributed by atoms with Crippen LogP contribution in [0.5, 0.6) is 0 Å². The molecule has 146 valence electrons. The van der Waals surface area contributed by atoms with Crippen molar-refractivity contribution in [3.63, 3.8) is 0 Å². The van der Waals surface area contributed by atoms with Crippen molar-refractivity contribution in [1.82, 2.24) is 5.10 Å². The SMILES string of the molecule is Clc1ccc(C[n+]2cc(-c3ccccc3)cc(N3CCOCC3)n2)cc1Cl.[Br-]. The fourth-order valence-electron chi connectivity index (χ4n) is 3.17. The van der Waals surface area contributed by atoms with Gasteiger partial charge in [0.15, 0.2) is 12.4 Å². The summed E-state index contributed by atoms with van der Waals surface area (Å²) in [5.41, 5.74) is 3.35. The van der Waals surface area contributed by atoms with Gasteiger partial charge in [-0.3, -0.25) is 0 Å². The monoisotopic (exact) mass is 479 g/mol. The van der Waals surface area contributed by atoms with Gasteiger partial charge in [-0.15, -0.1) is 0 Å². The van der Waals surface area contributed by atoms with Gasteiger partial charge in [-0.25, -0.2) is 0 Å². The van der Waals surface area contributed by atoms with E-state index in [2.05, 4.69) is 29.3 Å². The second kappa shape index (κ2) is 9.70. The highest BCUT2D eigenvalue weighted by atomic mass is 79.9. The van der Waals surface area contributed by atoms with Crippen LogP contribution in [0.15, 0.2) is 60.8 Å². The third-order valence-corrected chi connectivity index (χ3v) is 5.31. The number of hydrogen-bond donors (Lipinski definition) is 0. The maximum atomic E-state index is 6.18. The van der Waals surface area contributed by atoms with Crippen LogP contribution in [0.2, 0.25) is 10.0 Å². The number of morpholine rings is 1. The Morgan fingerprint density at radius 2 is 1.68 bits per heavy atom. The molecule has 1 aliphatic heterocycles. The highest BCUT2D eigenvalue weighted by Crippen LogP contribution is 2.24. The standard InChI is InChI=1S/C21H20Cl2N3O.BrH/c22-19-7-6-16(12-20(19)23)14-26-15-18(17-4-2-1-3-5-17)13-21(24-26)25-8-10-27-11-9-25;/h1-7,12-13,15H,8-11,14H2;1H/q+1;/p-1. The fraction of sp³-hybridized carbons (Fsp3) is 0.238. The van der Waals surface area contributed by atoms with Crippen molar-refractivity contribution >= 4 is 29.0 Å². The molecule has 0 N–H and O–H groups in total. The van der Waals surface area contributed by atoms with Crippen molar-refractivity contribution < 1.29 is 26.4 Å². The Labute approximate surface area is 185 Å². The zero-order valence-corrected chi connectivity index (χ0v) is 18.3. The van der Waals surface area contributed by atoms with Gasteiger partial charge >= 0.3 is 0 Å². The van der Waals surface area contributed by atoms with Crippen molar-refractivity contribution in [3.8, 4) is 11.1 Å². The number of anilines is 1. The number of ether oxygens (including phenoxy) is 1. The van der Waals surface area contributed by atoms with Crippen LogP contribution in [-0.4, -0.2) is 31.4 Å². The third-order valence-electron chi connectivity index (χ3n) is 4.57. The van der Waals surface area contributed by atoms with Crippen LogP contribution in [-0.2, 0) is 11.3 Å². The zero-order valence-electron chi connectivity index (χ0n) is 15.2. The van der Waals surface area contributed by atoms with E-state index in [0.29, 0.717) is 16.6 Å². The number of hydrogen-bond acceptors (Lipinski definition) is 3. The number of aromatic nitrogens is 2. The van der Waals surface area contributed by atoms with Gasteiger partial charge in [0.05, 0.1) is 28.8 Å². The lowest BCUT2D eigenvalue weighted by Gasteiger charge is -2.26. The first-order valence-electron chi connectivity index (χ1n) is 8.93. The van der Waals surface area contributed by atoms with Crippen LogP contribution in [0.1, 0.15) is 5.56 Å². The van der Waals surface area contributed by atoms with E-state index < -0.39 is 0 Å². The smallest absolute Gasteiger partial charge is 0.204 e. The molecular weight excluding hydrogens is 461 g/mol. The molecular formula is C21H20BrCl2N3O. The lowest BCUT2D eigenvalue weighted by atomic mass is 10.1. The first kappa shape index (κ1) is 21.1. The molecule has 1 aliphatic rings. The van der Waals surface area contributed by atoms with Gasteiger partial charge in [-0.2, -0.15) is 0 Å². The van der Waals surface area contributed by atoms with E-state index in [1.54, 1.807) is 0 Å². The van der Waals surface area contributed by atoms with Crippen LogP contribution < -0.4 is 26.6 Å². The van der Waals surface area contributed by atoms with E-state index in [9.17, 15) is 0 Å². The van der Waals surface area contributed by atoms with Crippen molar-refractivity contribution in [2.75, 3.05) is 31.2 Å². The first-order chi connectivity index (χ1) is 13.2. The number of nitrogens with zero attached hydrogens (tertiary/aromatic N) is 3. The highest BCUT2D eigenvalue weighted by molar-refractivity contribution is 6.42. The average molecular weight is 481 g/mol. The first-order valence-corrected chi connectivity index (χ1v) is 9.68. The Bertz CT molecular complexity index is 934. The van der Waals surface area contributed by atoms with Gasteiger partial charge in [0.2, 0.25) is 6.20 Å². The summed E-state index contributed by atoms with van der Waals surface area (Å²) in [6.07, 6.45) is 2.07. The molecule has 3 aromatic rings. The Kier molecular flexibility index (Phi) is 7.30. The minimum absolute atomic E-state index is 0. The van der Waals surface area contributed by atoms with Crippen molar-refractivity contribution in [2.24, 2.45) is 0 Å². The van der Waals surface area contributed by atoms with Gasteiger partial charge in [0.1, 0.15) is 0 Å². The lowest BCUT2D eigenvalue weighted by molar-refractivity contribution is -0.744. The van der Waals surface area contributed by atoms with Gasteiger partial charge in [0.25, 0.3) is 0 Å². The van der Waals surface area contributed by atoms with Crippen molar-refractivity contribution in [3.05, 3.63) is 76.4 Å². The largest absolute Gasteiger partial charge is 1.00 e. The second-order valence-corrected chi connectivity index (χ2v) is 7.31. The van der Waals surface area contributed by atoms with E-state index >= 15 is 0 Å². The molecule has 2 aromatic carbocycles. The molecule has 7 heteroatoms.